The van der Waals surface area contributed by atoms with Gasteiger partial charge in [-0.2, -0.15) is 0 Å². The Labute approximate surface area is 79.1 Å². The normalized spacial score (nSPS) is 10.6. The first-order valence-corrected chi connectivity index (χ1v) is 4.61. The van der Waals surface area contributed by atoms with Crippen molar-refractivity contribution >= 4 is 11.8 Å². The molecule has 65 valence electrons. The van der Waals surface area contributed by atoms with E-state index in [9.17, 15) is 0 Å². The molecular formula is C10H14ClN+. The number of hydrogen-bond donors (Lipinski definition) is 0. The molecule has 1 radical (unpaired) electrons. The Hall–Kier alpha value is -0.530. The van der Waals surface area contributed by atoms with Crippen LogP contribution in [-0.4, -0.2) is 6.54 Å². The summed E-state index contributed by atoms with van der Waals surface area (Å²) in [6.45, 7) is 3.90. The van der Waals surface area contributed by atoms with Gasteiger partial charge in [-0.3, -0.25) is 0 Å². The minimum atomic E-state index is 0.830. The first kappa shape index (κ1) is 9.56. The molecule has 0 atom stereocenters. The van der Waals surface area contributed by atoms with E-state index in [0.29, 0.717) is 0 Å². The zero-order chi connectivity index (χ0) is 8.81. The number of benzene rings is 1. The molecule has 0 amide bonds. The average Bonchev–Trinajstić information content (AvgIpc) is 2.06. The molecule has 0 spiro atoms. The summed E-state index contributed by atoms with van der Waals surface area (Å²) < 4.78 is 1.81. The van der Waals surface area contributed by atoms with E-state index in [-0.39, 0.29) is 0 Å². The third-order valence-electron chi connectivity index (χ3n) is 1.66. The summed E-state index contributed by atoms with van der Waals surface area (Å²) in [5.74, 6) is 0. The van der Waals surface area contributed by atoms with Crippen molar-refractivity contribution in [1.29, 1.82) is 0 Å². The smallest absolute Gasteiger partial charge is 0.0622 e. The van der Waals surface area contributed by atoms with E-state index in [4.69, 9.17) is 11.8 Å². The van der Waals surface area contributed by atoms with Gasteiger partial charge < -0.3 is 0 Å². The second-order valence-corrected chi connectivity index (χ2v) is 3.31. The lowest BCUT2D eigenvalue weighted by Crippen LogP contribution is -2.18. The number of rotatable bonds is 4. The molecule has 0 saturated carbocycles. The van der Waals surface area contributed by atoms with Gasteiger partial charge in [-0.15, -0.1) is 0 Å². The first-order valence-electron chi connectivity index (χ1n) is 4.27. The standard InChI is InChI=1S/C10H14ClN/c1-2-8-12(11)9-10-6-4-3-5-7-10/h3-7H,2,8-9H2,1H3/q+1. The van der Waals surface area contributed by atoms with Crippen LogP contribution >= 0.6 is 11.8 Å². The van der Waals surface area contributed by atoms with Crippen LogP contribution in [0.15, 0.2) is 30.3 Å². The van der Waals surface area contributed by atoms with Crippen molar-refractivity contribution in [1.82, 2.24) is 4.42 Å². The fourth-order valence-electron chi connectivity index (χ4n) is 1.10. The summed E-state index contributed by atoms with van der Waals surface area (Å²) >= 11 is 5.95. The van der Waals surface area contributed by atoms with E-state index in [1.165, 1.54) is 5.56 Å². The number of hydrogen-bond acceptors (Lipinski definition) is 1. The van der Waals surface area contributed by atoms with Gasteiger partial charge in [0.25, 0.3) is 0 Å². The van der Waals surface area contributed by atoms with Gasteiger partial charge in [0, 0.05) is 12.0 Å². The summed E-state index contributed by atoms with van der Waals surface area (Å²) in [6.07, 6.45) is 1.09. The minimum absolute atomic E-state index is 0.830. The molecule has 0 N–H and O–H groups in total. The highest BCUT2D eigenvalue weighted by Gasteiger charge is 2.10. The predicted molar refractivity (Wildman–Crippen MR) is 53.3 cm³/mol. The summed E-state index contributed by atoms with van der Waals surface area (Å²) in [4.78, 5) is 0. The topological polar surface area (TPSA) is 5.90 Å². The Kier molecular flexibility index (Phi) is 4.12. The van der Waals surface area contributed by atoms with Crippen molar-refractivity contribution in [3.63, 3.8) is 0 Å². The lowest BCUT2D eigenvalue weighted by atomic mass is 10.2. The quantitative estimate of drug-likeness (QED) is 0.634. The highest BCUT2D eigenvalue weighted by atomic mass is 35.5. The molecule has 2 heteroatoms. The lowest BCUT2D eigenvalue weighted by Gasteiger charge is -2.00. The molecule has 0 aliphatic carbocycles. The van der Waals surface area contributed by atoms with E-state index >= 15 is 0 Å². The molecule has 1 aromatic carbocycles. The van der Waals surface area contributed by atoms with Crippen LogP contribution in [0.25, 0.3) is 0 Å². The molecule has 1 nitrogen and oxygen atoms in total. The van der Waals surface area contributed by atoms with Crippen LogP contribution in [0.5, 0.6) is 0 Å². The van der Waals surface area contributed by atoms with Crippen LogP contribution in [0.2, 0.25) is 0 Å². The van der Waals surface area contributed by atoms with Gasteiger partial charge in [0.1, 0.15) is 6.54 Å². The Morgan fingerprint density at radius 1 is 1.25 bits per heavy atom. The SMILES string of the molecule is CCC[N+](Cl)Cc1ccccc1. The van der Waals surface area contributed by atoms with Crippen LogP contribution < -0.4 is 4.42 Å². The molecule has 0 bridgehead atoms. The maximum atomic E-state index is 5.95. The van der Waals surface area contributed by atoms with E-state index in [1.807, 2.05) is 22.6 Å². The third kappa shape index (κ3) is 3.24. The predicted octanol–water partition coefficient (Wildman–Crippen LogP) is 2.89. The van der Waals surface area contributed by atoms with Crippen molar-refractivity contribution < 1.29 is 0 Å². The fraction of sp³-hybridized carbons (Fsp3) is 0.400. The molecule has 0 saturated heterocycles. The molecule has 1 aromatic rings. The number of halogens is 1. The van der Waals surface area contributed by atoms with Gasteiger partial charge in [-0.25, -0.2) is 0 Å². The molecule has 12 heavy (non-hydrogen) atoms. The van der Waals surface area contributed by atoms with Crippen LogP contribution in [0.4, 0.5) is 0 Å². The lowest BCUT2D eigenvalue weighted by molar-refractivity contribution is 0.584. The van der Waals surface area contributed by atoms with Gasteiger partial charge in [0.2, 0.25) is 11.8 Å². The summed E-state index contributed by atoms with van der Waals surface area (Å²) in [6, 6.07) is 10.3. The van der Waals surface area contributed by atoms with Gasteiger partial charge in [0.15, 0.2) is 6.54 Å². The van der Waals surface area contributed by atoms with E-state index < -0.39 is 0 Å². The van der Waals surface area contributed by atoms with Crippen molar-refractivity contribution in [2.24, 2.45) is 0 Å². The Balaban J connectivity index is 2.41. The van der Waals surface area contributed by atoms with Crippen LogP contribution in [0.1, 0.15) is 18.9 Å². The van der Waals surface area contributed by atoms with Crippen LogP contribution in [0.3, 0.4) is 0 Å². The van der Waals surface area contributed by atoms with Gasteiger partial charge >= 0.3 is 0 Å². The molecule has 0 aliphatic rings. The Bertz CT molecular complexity index is 210. The van der Waals surface area contributed by atoms with Gasteiger partial charge in [0.05, 0.1) is 0 Å². The second-order valence-electron chi connectivity index (χ2n) is 2.83. The van der Waals surface area contributed by atoms with E-state index in [2.05, 4.69) is 19.1 Å². The molecule has 0 unspecified atom stereocenters. The van der Waals surface area contributed by atoms with Crippen LogP contribution in [-0.2, 0) is 6.54 Å². The average molecular weight is 184 g/mol. The van der Waals surface area contributed by atoms with Crippen LogP contribution in [0, 0.1) is 0 Å². The highest BCUT2D eigenvalue weighted by Crippen LogP contribution is 2.04. The summed E-state index contributed by atoms with van der Waals surface area (Å²) in [5.41, 5.74) is 1.26. The summed E-state index contributed by atoms with van der Waals surface area (Å²) in [5, 5.41) is 0. The molecule has 0 aromatic heterocycles. The van der Waals surface area contributed by atoms with E-state index in [1.54, 1.807) is 0 Å². The molecule has 0 heterocycles. The molecule has 1 rings (SSSR count). The monoisotopic (exact) mass is 183 g/mol. The van der Waals surface area contributed by atoms with Crippen molar-refractivity contribution in [2.45, 2.75) is 19.9 Å². The van der Waals surface area contributed by atoms with Gasteiger partial charge in [-0.1, -0.05) is 41.7 Å². The molecular weight excluding hydrogens is 170 g/mol. The maximum Gasteiger partial charge on any atom is 0.225 e. The van der Waals surface area contributed by atoms with Crippen molar-refractivity contribution in [2.75, 3.05) is 6.54 Å². The zero-order valence-corrected chi connectivity index (χ0v) is 8.09. The van der Waals surface area contributed by atoms with Crippen molar-refractivity contribution in [3.8, 4) is 0 Å². The van der Waals surface area contributed by atoms with Gasteiger partial charge in [-0.05, 0) is 0 Å². The molecule has 0 fully saturated rings. The first-order chi connectivity index (χ1) is 5.83. The minimum Gasteiger partial charge on any atom is -0.0622 e. The largest absolute Gasteiger partial charge is 0.225 e. The number of nitrogens with zero attached hydrogens (tertiary/aromatic N) is 1. The highest BCUT2D eigenvalue weighted by molar-refractivity contribution is 6.15. The second kappa shape index (κ2) is 5.18. The third-order valence-corrected chi connectivity index (χ3v) is 1.95. The Morgan fingerprint density at radius 3 is 2.50 bits per heavy atom. The van der Waals surface area contributed by atoms with E-state index in [0.717, 1.165) is 19.5 Å². The maximum absolute atomic E-state index is 5.95. The zero-order valence-electron chi connectivity index (χ0n) is 7.33. The van der Waals surface area contributed by atoms with Crippen molar-refractivity contribution in [3.05, 3.63) is 35.9 Å². The molecule has 0 aliphatic heterocycles. The summed E-state index contributed by atoms with van der Waals surface area (Å²) in [7, 11) is 0. The fourth-order valence-corrected chi connectivity index (χ4v) is 1.41. The Morgan fingerprint density at radius 2 is 1.92 bits per heavy atom.